The van der Waals surface area contributed by atoms with Crippen molar-refractivity contribution in [3.63, 3.8) is 0 Å². The van der Waals surface area contributed by atoms with Gasteiger partial charge in [0.1, 0.15) is 5.75 Å². The van der Waals surface area contributed by atoms with E-state index in [0.29, 0.717) is 30.3 Å². The molecule has 28 heavy (non-hydrogen) atoms. The Morgan fingerprint density at radius 3 is 2.46 bits per heavy atom. The van der Waals surface area contributed by atoms with Gasteiger partial charge in [-0.15, -0.1) is 0 Å². The number of halogens is 1. The molecule has 1 aliphatic rings. The Labute approximate surface area is 171 Å². The Hall–Kier alpha value is -2.08. The standard InChI is InChI=1S/C22H27ClN2O3/c1-16(2)28-18-9-7-17(8-10-18)22(26)24-15-21(25-11-13-27-14-12-25)19-5-3-4-6-20(19)23/h3-10,16,21H,11-15H2,1-2H3,(H,24,26). The van der Waals surface area contributed by atoms with E-state index in [0.717, 1.165) is 24.4 Å². The summed E-state index contributed by atoms with van der Waals surface area (Å²) in [6.45, 7) is 7.42. The van der Waals surface area contributed by atoms with E-state index in [1.54, 1.807) is 12.1 Å². The summed E-state index contributed by atoms with van der Waals surface area (Å²) in [6, 6.07) is 15.0. The van der Waals surface area contributed by atoms with Crippen LogP contribution in [0.25, 0.3) is 0 Å². The SMILES string of the molecule is CC(C)Oc1ccc(C(=O)NCC(c2ccccc2Cl)N2CCOCC2)cc1. The van der Waals surface area contributed by atoms with E-state index in [1.165, 1.54) is 0 Å². The number of hydrogen-bond donors (Lipinski definition) is 1. The van der Waals surface area contributed by atoms with Crippen LogP contribution in [0.2, 0.25) is 5.02 Å². The van der Waals surface area contributed by atoms with Gasteiger partial charge in [-0.05, 0) is 49.7 Å². The molecule has 0 aromatic heterocycles. The predicted octanol–water partition coefficient (Wildman–Crippen LogP) is 3.93. The predicted molar refractivity (Wildman–Crippen MR) is 111 cm³/mol. The van der Waals surface area contributed by atoms with Gasteiger partial charge >= 0.3 is 0 Å². The molecule has 6 heteroatoms. The Kier molecular flexibility index (Phi) is 7.31. The second-order valence-corrected chi connectivity index (χ2v) is 7.49. The zero-order chi connectivity index (χ0) is 19.9. The molecular formula is C22H27ClN2O3. The van der Waals surface area contributed by atoms with Crippen LogP contribution >= 0.6 is 11.6 Å². The third kappa shape index (κ3) is 5.47. The average Bonchev–Trinajstić information content (AvgIpc) is 2.70. The highest BCUT2D eigenvalue weighted by atomic mass is 35.5. The van der Waals surface area contributed by atoms with E-state index < -0.39 is 0 Å². The van der Waals surface area contributed by atoms with Crippen LogP contribution in [0.3, 0.4) is 0 Å². The number of carbonyl (C=O) groups is 1. The maximum absolute atomic E-state index is 12.7. The second-order valence-electron chi connectivity index (χ2n) is 7.09. The van der Waals surface area contributed by atoms with Crippen LogP contribution in [0.5, 0.6) is 5.75 Å². The maximum Gasteiger partial charge on any atom is 0.251 e. The molecule has 0 saturated carbocycles. The molecule has 0 radical (unpaired) electrons. The second kappa shape index (κ2) is 9.92. The van der Waals surface area contributed by atoms with Gasteiger partial charge in [0.2, 0.25) is 0 Å². The van der Waals surface area contributed by atoms with Crippen LogP contribution in [0.1, 0.15) is 35.8 Å². The summed E-state index contributed by atoms with van der Waals surface area (Å²) in [7, 11) is 0. The lowest BCUT2D eigenvalue weighted by Gasteiger charge is -2.35. The molecule has 1 N–H and O–H groups in total. The largest absolute Gasteiger partial charge is 0.491 e. The van der Waals surface area contributed by atoms with Crippen molar-refractivity contribution in [1.29, 1.82) is 0 Å². The van der Waals surface area contributed by atoms with E-state index in [2.05, 4.69) is 10.2 Å². The van der Waals surface area contributed by atoms with Gasteiger partial charge in [0, 0.05) is 30.2 Å². The van der Waals surface area contributed by atoms with Crippen molar-refractivity contribution in [2.75, 3.05) is 32.8 Å². The molecular weight excluding hydrogens is 376 g/mol. The third-order valence-corrected chi connectivity index (χ3v) is 5.04. The van der Waals surface area contributed by atoms with Crippen LogP contribution < -0.4 is 10.1 Å². The summed E-state index contributed by atoms with van der Waals surface area (Å²) >= 11 is 6.44. The van der Waals surface area contributed by atoms with Crippen molar-refractivity contribution in [3.05, 3.63) is 64.7 Å². The lowest BCUT2D eigenvalue weighted by Crippen LogP contribution is -2.44. The lowest BCUT2D eigenvalue weighted by molar-refractivity contribution is 0.0162. The highest BCUT2D eigenvalue weighted by molar-refractivity contribution is 6.31. The molecule has 150 valence electrons. The smallest absolute Gasteiger partial charge is 0.251 e. The van der Waals surface area contributed by atoms with Gasteiger partial charge in [-0.3, -0.25) is 9.69 Å². The fourth-order valence-corrected chi connectivity index (χ4v) is 3.58. The Bertz CT molecular complexity index is 774. The fourth-order valence-electron chi connectivity index (χ4n) is 3.32. The van der Waals surface area contributed by atoms with Gasteiger partial charge in [0.25, 0.3) is 5.91 Å². The number of rotatable bonds is 7. The van der Waals surface area contributed by atoms with Crippen LogP contribution in [0.15, 0.2) is 48.5 Å². The molecule has 3 rings (SSSR count). The Morgan fingerprint density at radius 2 is 1.82 bits per heavy atom. The first-order valence-corrected chi connectivity index (χ1v) is 10.0. The molecule has 0 bridgehead atoms. The minimum Gasteiger partial charge on any atom is -0.491 e. The van der Waals surface area contributed by atoms with E-state index in [4.69, 9.17) is 21.1 Å². The summed E-state index contributed by atoms with van der Waals surface area (Å²) in [6.07, 6.45) is 0.101. The number of nitrogens with zero attached hydrogens (tertiary/aromatic N) is 1. The summed E-state index contributed by atoms with van der Waals surface area (Å²) in [5.41, 5.74) is 1.63. The Balaban J connectivity index is 1.69. The quantitative estimate of drug-likeness (QED) is 0.762. The van der Waals surface area contributed by atoms with Crippen molar-refractivity contribution in [2.24, 2.45) is 0 Å². The molecule has 1 saturated heterocycles. The van der Waals surface area contributed by atoms with Crippen molar-refractivity contribution in [1.82, 2.24) is 10.2 Å². The summed E-state index contributed by atoms with van der Waals surface area (Å²) in [5, 5.41) is 3.77. The van der Waals surface area contributed by atoms with E-state index in [-0.39, 0.29) is 18.1 Å². The van der Waals surface area contributed by atoms with Gasteiger partial charge in [-0.2, -0.15) is 0 Å². The summed E-state index contributed by atoms with van der Waals surface area (Å²) in [4.78, 5) is 15.0. The van der Waals surface area contributed by atoms with Crippen LogP contribution in [-0.2, 0) is 4.74 Å². The molecule has 2 aromatic carbocycles. The molecule has 5 nitrogen and oxygen atoms in total. The number of amides is 1. The first-order chi connectivity index (χ1) is 13.5. The minimum absolute atomic E-state index is 0.00472. The molecule has 1 unspecified atom stereocenters. The lowest BCUT2D eigenvalue weighted by atomic mass is 10.0. The monoisotopic (exact) mass is 402 g/mol. The number of ether oxygens (including phenoxy) is 2. The number of benzene rings is 2. The Morgan fingerprint density at radius 1 is 1.14 bits per heavy atom. The van der Waals surface area contributed by atoms with Gasteiger partial charge in [-0.1, -0.05) is 29.8 Å². The zero-order valence-corrected chi connectivity index (χ0v) is 17.1. The van der Waals surface area contributed by atoms with Gasteiger partial charge in [-0.25, -0.2) is 0 Å². The molecule has 1 fully saturated rings. The maximum atomic E-state index is 12.7. The third-order valence-electron chi connectivity index (χ3n) is 4.69. The normalized spacial score (nSPS) is 16.0. The van der Waals surface area contributed by atoms with Crippen LogP contribution in [-0.4, -0.2) is 49.8 Å². The van der Waals surface area contributed by atoms with Crippen molar-refractivity contribution >= 4 is 17.5 Å². The van der Waals surface area contributed by atoms with E-state index >= 15 is 0 Å². The zero-order valence-electron chi connectivity index (χ0n) is 16.4. The highest BCUT2D eigenvalue weighted by Crippen LogP contribution is 2.28. The van der Waals surface area contributed by atoms with Crippen molar-refractivity contribution in [2.45, 2.75) is 26.0 Å². The first-order valence-electron chi connectivity index (χ1n) is 9.65. The first kappa shape index (κ1) is 20.6. The number of nitrogens with one attached hydrogen (secondary N) is 1. The number of carbonyl (C=O) groups excluding carboxylic acids is 1. The van der Waals surface area contributed by atoms with Gasteiger partial charge in [0.15, 0.2) is 0 Å². The minimum atomic E-state index is -0.110. The van der Waals surface area contributed by atoms with E-state index in [9.17, 15) is 4.79 Å². The van der Waals surface area contributed by atoms with Gasteiger partial charge in [0.05, 0.1) is 25.4 Å². The van der Waals surface area contributed by atoms with Crippen LogP contribution in [0, 0.1) is 0 Å². The highest BCUT2D eigenvalue weighted by Gasteiger charge is 2.25. The number of hydrogen-bond acceptors (Lipinski definition) is 4. The molecule has 0 spiro atoms. The summed E-state index contributed by atoms with van der Waals surface area (Å²) in [5.74, 6) is 0.648. The molecule has 0 aliphatic carbocycles. The average molecular weight is 403 g/mol. The molecule has 1 heterocycles. The van der Waals surface area contributed by atoms with Crippen LogP contribution in [0.4, 0.5) is 0 Å². The molecule has 1 atom stereocenters. The molecule has 1 amide bonds. The fraction of sp³-hybridized carbons (Fsp3) is 0.409. The summed E-state index contributed by atoms with van der Waals surface area (Å²) < 4.78 is 11.1. The van der Waals surface area contributed by atoms with Gasteiger partial charge < -0.3 is 14.8 Å². The van der Waals surface area contributed by atoms with Crippen molar-refractivity contribution in [3.8, 4) is 5.75 Å². The number of morpholine rings is 1. The van der Waals surface area contributed by atoms with Crippen molar-refractivity contribution < 1.29 is 14.3 Å². The topological polar surface area (TPSA) is 50.8 Å². The molecule has 2 aromatic rings. The van der Waals surface area contributed by atoms with E-state index in [1.807, 2.05) is 50.2 Å². The molecule has 1 aliphatic heterocycles.